The fraction of sp³-hybridized carbons (Fsp3) is 0.440. The third kappa shape index (κ3) is 9.14. The number of carbonyl (C=O) groups excluding carboxylic acids is 2. The summed E-state index contributed by atoms with van der Waals surface area (Å²) in [4.78, 5) is 27.7. The summed E-state index contributed by atoms with van der Waals surface area (Å²) in [5.74, 6) is -0.616. The smallest absolute Gasteiger partial charge is 0.242 e. The van der Waals surface area contributed by atoms with E-state index < -0.39 is 21.6 Å². The molecule has 0 aliphatic carbocycles. The molecule has 11 heteroatoms. The molecule has 0 radical (unpaired) electrons. The Hall–Kier alpha value is -2.00. The van der Waals surface area contributed by atoms with Gasteiger partial charge in [0.25, 0.3) is 0 Å². The molecule has 0 aliphatic rings. The molecule has 0 aliphatic heterocycles. The maximum absolute atomic E-state index is 13.3. The van der Waals surface area contributed by atoms with Gasteiger partial charge in [-0.3, -0.25) is 13.9 Å². The molecule has 2 rings (SSSR count). The number of nitrogens with zero attached hydrogens (tertiary/aromatic N) is 2. The van der Waals surface area contributed by atoms with Crippen molar-refractivity contribution in [3.05, 3.63) is 63.1 Å². The largest absolute Gasteiger partial charge is 0.350 e. The number of anilines is 1. The van der Waals surface area contributed by atoms with Gasteiger partial charge in [0, 0.05) is 40.1 Å². The molecule has 0 bridgehead atoms. The van der Waals surface area contributed by atoms with Crippen LogP contribution in [0.5, 0.6) is 0 Å². The van der Waals surface area contributed by atoms with Gasteiger partial charge in [-0.25, -0.2) is 8.42 Å². The van der Waals surface area contributed by atoms with Gasteiger partial charge in [0.1, 0.15) is 6.04 Å². The SMILES string of the molecule is CC(C(=O)NC(C)(C)C)N(Cc1ccc(Cl)cc1Cl)C(=O)CCCN(c1cccc(Cl)c1)S(C)(=O)=O. The van der Waals surface area contributed by atoms with E-state index >= 15 is 0 Å². The lowest BCUT2D eigenvalue weighted by Crippen LogP contribution is -2.52. The van der Waals surface area contributed by atoms with Gasteiger partial charge in [-0.05, 0) is 70.0 Å². The van der Waals surface area contributed by atoms with Gasteiger partial charge in [0.15, 0.2) is 0 Å². The predicted molar refractivity (Wildman–Crippen MR) is 147 cm³/mol. The van der Waals surface area contributed by atoms with Crippen LogP contribution in [0.1, 0.15) is 46.1 Å². The third-order valence-electron chi connectivity index (χ3n) is 5.27. The number of sulfonamides is 1. The molecular formula is C25H32Cl3N3O4S. The van der Waals surface area contributed by atoms with Crippen molar-refractivity contribution in [3.8, 4) is 0 Å². The Morgan fingerprint density at radius 2 is 1.67 bits per heavy atom. The second kappa shape index (κ2) is 12.5. The molecule has 1 unspecified atom stereocenters. The summed E-state index contributed by atoms with van der Waals surface area (Å²) in [7, 11) is -3.61. The first-order chi connectivity index (χ1) is 16.6. The minimum Gasteiger partial charge on any atom is -0.350 e. The summed E-state index contributed by atoms with van der Waals surface area (Å²) < 4.78 is 26.0. The Labute approximate surface area is 228 Å². The highest BCUT2D eigenvalue weighted by molar-refractivity contribution is 7.92. The first-order valence-electron chi connectivity index (χ1n) is 11.4. The zero-order chi connectivity index (χ0) is 27.3. The molecule has 1 N–H and O–H groups in total. The highest BCUT2D eigenvalue weighted by Crippen LogP contribution is 2.25. The fourth-order valence-corrected chi connectivity index (χ4v) is 5.14. The van der Waals surface area contributed by atoms with Gasteiger partial charge in [-0.1, -0.05) is 46.9 Å². The van der Waals surface area contributed by atoms with Crippen LogP contribution >= 0.6 is 34.8 Å². The molecule has 0 saturated heterocycles. The molecule has 0 fully saturated rings. The molecular weight excluding hydrogens is 545 g/mol. The first kappa shape index (κ1) is 30.2. The molecule has 0 heterocycles. The van der Waals surface area contributed by atoms with Crippen LogP contribution in [0.3, 0.4) is 0 Å². The zero-order valence-electron chi connectivity index (χ0n) is 21.0. The minimum absolute atomic E-state index is 0.0188. The van der Waals surface area contributed by atoms with Crippen molar-refractivity contribution in [1.82, 2.24) is 10.2 Å². The number of hydrogen-bond acceptors (Lipinski definition) is 4. The highest BCUT2D eigenvalue weighted by atomic mass is 35.5. The standard InChI is InChI=1S/C25H32Cl3N3O4S/c1-17(24(33)29-25(2,3)4)30(16-18-11-12-20(27)15-22(18)28)23(32)10-7-13-31(36(5,34)35)21-9-6-8-19(26)14-21/h6,8-9,11-12,14-15,17H,7,10,13,16H2,1-5H3,(H,29,33). The van der Waals surface area contributed by atoms with Gasteiger partial charge < -0.3 is 10.2 Å². The van der Waals surface area contributed by atoms with Crippen LogP contribution in [0.4, 0.5) is 5.69 Å². The van der Waals surface area contributed by atoms with E-state index in [1.165, 1.54) is 9.21 Å². The summed E-state index contributed by atoms with van der Waals surface area (Å²) in [6.45, 7) is 7.39. The zero-order valence-corrected chi connectivity index (χ0v) is 24.1. The quantitative estimate of drug-likeness (QED) is 0.403. The van der Waals surface area contributed by atoms with Gasteiger partial charge >= 0.3 is 0 Å². The normalized spacial score (nSPS) is 12.7. The van der Waals surface area contributed by atoms with E-state index in [0.29, 0.717) is 26.3 Å². The molecule has 2 aromatic rings. The van der Waals surface area contributed by atoms with Crippen LogP contribution in [-0.2, 0) is 26.2 Å². The van der Waals surface area contributed by atoms with Gasteiger partial charge in [0.05, 0.1) is 11.9 Å². The Balaban J connectivity index is 2.23. The molecule has 7 nitrogen and oxygen atoms in total. The van der Waals surface area contributed by atoms with E-state index in [2.05, 4.69) is 5.32 Å². The molecule has 0 saturated carbocycles. The van der Waals surface area contributed by atoms with E-state index in [-0.39, 0.29) is 37.7 Å². The van der Waals surface area contributed by atoms with Crippen LogP contribution < -0.4 is 9.62 Å². The van der Waals surface area contributed by atoms with E-state index in [9.17, 15) is 18.0 Å². The average molecular weight is 577 g/mol. The fourth-order valence-electron chi connectivity index (χ4n) is 3.53. The van der Waals surface area contributed by atoms with Gasteiger partial charge in [0.2, 0.25) is 21.8 Å². The van der Waals surface area contributed by atoms with Crippen molar-refractivity contribution < 1.29 is 18.0 Å². The Kier molecular flexibility index (Phi) is 10.5. The van der Waals surface area contributed by atoms with Crippen LogP contribution in [0.15, 0.2) is 42.5 Å². The second-order valence-corrected chi connectivity index (χ2v) is 12.8. The molecule has 0 spiro atoms. The maximum Gasteiger partial charge on any atom is 0.242 e. The Bertz CT molecular complexity index is 1200. The average Bonchev–Trinajstić information content (AvgIpc) is 2.73. The van der Waals surface area contributed by atoms with Crippen molar-refractivity contribution in [3.63, 3.8) is 0 Å². The molecule has 198 valence electrons. The number of halogens is 3. The molecule has 36 heavy (non-hydrogen) atoms. The Morgan fingerprint density at radius 1 is 1.03 bits per heavy atom. The second-order valence-electron chi connectivity index (χ2n) is 9.59. The lowest BCUT2D eigenvalue weighted by atomic mass is 10.1. The molecule has 2 amide bonds. The molecule has 2 aromatic carbocycles. The number of carbonyl (C=O) groups is 2. The van der Waals surface area contributed by atoms with Crippen molar-refractivity contribution in [2.75, 3.05) is 17.1 Å². The minimum atomic E-state index is -3.61. The van der Waals surface area contributed by atoms with E-state index in [1.54, 1.807) is 49.4 Å². The van der Waals surface area contributed by atoms with Crippen molar-refractivity contribution in [2.45, 2.75) is 58.7 Å². The molecule has 1 atom stereocenters. The maximum atomic E-state index is 13.3. The summed E-state index contributed by atoms with van der Waals surface area (Å²) in [5.41, 5.74) is 0.576. The third-order valence-corrected chi connectivity index (χ3v) is 7.29. The topological polar surface area (TPSA) is 86.8 Å². The van der Waals surface area contributed by atoms with Crippen molar-refractivity contribution >= 4 is 62.3 Å². The predicted octanol–water partition coefficient (Wildman–Crippen LogP) is 5.53. The number of benzene rings is 2. The number of hydrogen-bond donors (Lipinski definition) is 1. The highest BCUT2D eigenvalue weighted by Gasteiger charge is 2.29. The summed E-state index contributed by atoms with van der Waals surface area (Å²) >= 11 is 18.4. The summed E-state index contributed by atoms with van der Waals surface area (Å²) in [6, 6.07) is 10.7. The van der Waals surface area contributed by atoms with Gasteiger partial charge in [-0.15, -0.1) is 0 Å². The number of nitrogens with one attached hydrogen (secondary N) is 1. The number of rotatable bonds is 10. The van der Waals surface area contributed by atoms with Crippen molar-refractivity contribution in [1.29, 1.82) is 0 Å². The lowest BCUT2D eigenvalue weighted by Gasteiger charge is -2.32. The van der Waals surface area contributed by atoms with Crippen LogP contribution in [0, 0.1) is 0 Å². The van der Waals surface area contributed by atoms with E-state index in [0.717, 1.165) is 6.26 Å². The van der Waals surface area contributed by atoms with Crippen LogP contribution in [0.25, 0.3) is 0 Å². The van der Waals surface area contributed by atoms with Crippen LogP contribution in [-0.4, -0.2) is 49.5 Å². The van der Waals surface area contributed by atoms with E-state index in [4.69, 9.17) is 34.8 Å². The monoisotopic (exact) mass is 575 g/mol. The summed E-state index contributed by atoms with van der Waals surface area (Å²) in [5, 5.41) is 4.14. The number of amides is 2. The summed E-state index contributed by atoms with van der Waals surface area (Å²) in [6.07, 6.45) is 1.35. The van der Waals surface area contributed by atoms with E-state index in [1.807, 2.05) is 20.8 Å². The lowest BCUT2D eigenvalue weighted by molar-refractivity contribution is -0.141. The first-order valence-corrected chi connectivity index (χ1v) is 14.4. The van der Waals surface area contributed by atoms with Crippen LogP contribution in [0.2, 0.25) is 15.1 Å². The molecule has 0 aromatic heterocycles. The Morgan fingerprint density at radius 3 is 2.22 bits per heavy atom. The van der Waals surface area contributed by atoms with Crippen molar-refractivity contribution in [2.24, 2.45) is 0 Å². The van der Waals surface area contributed by atoms with Gasteiger partial charge in [-0.2, -0.15) is 0 Å².